The summed E-state index contributed by atoms with van der Waals surface area (Å²) in [5.74, 6) is 1.70. The molecular weight excluding hydrogens is 308 g/mol. The van der Waals surface area contributed by atoms with Crippen LogP contribution in [0.3, 0.4) is 0 Å². The minimum Gasteiger partial charge on any atom is -0.380 e. The topological polar surface area (TPSA) is 43.8 Å². The zero-order chi connectivity index (χ0) is 16.4. The molecular formula is C18H26N2O2S. The van der Waals surface area contributed by atoms with Gasteiger partial charge in [-0.2, -0.15) is 11.8 Å². The average Bonchev–Trinajstić information content (AvgIpc) is 2.57. The van der Waals surface area contributed by atoms with Crippen LogP contribution in [0.25, 0.3) is 0 Å². The van der Waals surface area contributed by atoms with Crippen molar-refractivity contribution in [1.29, 1.82) is 0 Å². The van der Waals surface area contributed by atoms with Crippen molar-refractivity contribution < 1.29 is 9.90 Å². The lowest BCUT2D eigenvalue weighted by Gasteiger charge is -2.41. The van der Waals surface area contributed by atoms with E-state index in [4.69, 9.17) is 0 Å². The Morgan fingerprint density at radius 3 is 2.43 bits per heavy atom. The number of hydrogen-bond acceptors (Lipinski definition) is 4. The van der Waals surface area contributed by atoms with Crippen molar-refractivity contribution in [2.45, 2.75) is 32.3 Å². The van der Waals surface area contributed by atoms with Gasteiger partial charge >= 0.3 is 0 Å². The van der Waals surface area contributed by atoms with Gasteiger partial charge in [0.15, 0.2) is 0 Å². The number of amides is 1. The number of thioether (sulfide) groups is 1. The second-order valence-electron chi connectivity index (χ2n) is 6.71. The van der Waals surface area contributed by atoms with Crippen LogP contribution >= 0.6 is 11.8 Å². The Hall–Kier alpha value is -1.20. The predicted octanol–water partition coefficient (Wildman–Crippen LogP) is 2.21. The Morgan fingerprint density at radius 1 is 1.13 bits per heavy atom. The lowest BCUT2D eigenvalue weighted by Crippen LogP contribution is -2.57. The van der Waals surface area contributed by atoms with Crippen LogP contribution in [-0.4, -0.2) is 59.2 Å². The minimum absolute atomic E-state index is 0.0570. The molecule has 23 heavy (non-hydrogen) atoms. The van der Waals surface area contributed by atoms with Crippen LogP contribution in [0, 0.1) is 13.8 Å². The van der Waals surface area contributed by atoms with Gasteiger partial charge in [0.2, 0.25) is 0 Å². The zero-order valence-corrected chi connectivity index (χ0v) is 14.9. The van der Waals surface area contributed by atoms with E-state index in [2.05, 4.69) is 36.9 Å². The highest BCUT2D eigenvalue weighted by molar-refractivity contribution is 7.99. The standard InChI is InChI=1S/C18H26N2O2S/c1-14-3-4-15(2)16(13-14)19-7-9-20(10-8-19)17(21)18(22)5-11-23-12-6-18/h3-4,13,22H,5-12H2,1-2H3. The molecule has 2 fully saturated rings. The molecule has 4 nitrogen and oxygen atoms in total. The third-order valence-corrected chi connectivity index (χ3v) is 5.98. The summed E-state index contributed by atoms with van der Waals surface area (Å²) in [4.78, 5) is 16.9. The fraction of sp³-hybridized carbons (Fsp3) is 0.611. The molecule has 0 atom stereocenters. The van der Waals surface area contributed by atoms with Gasteiger partial charge < -0.3 is 14.9 Å². The van der Waals surface area contributed by atoms with Crippen molar-refractivity contribution in [3.05, 3.63) is 29.3 Å². The second kappa shape index (κ2) is 6.73. The first-order valence-electron chi connectivity index (χ1n) is 8.41. The lowest BCUT2D eigenvalue weighted by molar-refractivity contribution is -0.152. The van der Waals surface area contributed by atoms with Crippen LogP contribution in [-0.2, 0) is 4.79 Å². The van der Waals surface area contributed by atoms with Gasteiger partial charge in [-0.3, -0.25) is 4.79 Å². The molecule has 0 aromatic heterocycles. The molecule has 0 bridgehead atoms. The van der Waals surface area contributed by atoms with Crippen LogP contribution in [0.5, 0.6) is 0 Å². The van der Waals surface area contributed by atoms with Crippen LogP contribution in [0.1, 0.15) is 24.0 Å². The molecule has 0 saturated carbocycles. The summed E-state index contributed by atoms with van der Waals surface area (Å²) in [7, 11) is 0. The normalized spacial score (nSPS) is 21.3. The Balaban J connectivity index is 1.64. The monoisotopic (exact) mass is 334 g/mol. The van der Waals surface area contributed by atoms with Crippen LogP contribution < -0.4 is 4.90 Å². The summed E-state index contributed by atoms with van der Waals surface area (Å²) >= 11 is 1.82. The average molecular weight is 334 g/mol. The first kappa shape index (κ1) is 16.7. The highest BCUT2D eigenvalue weighted by Crippen LogP contribution is 2.30. The van der Waals surface area contributed by atoms with E-state index in [1.165, 1.54) is 16.8 Å². The third kappa shape index (κ3) is 3.50. The van der Waals surface area contributed by atoms with Crippen molar-refractivity contribution >= 4 is 23.4 Å². The van der Waals surface area contributed by atoms with E-state index in [-0.39, 0.29) is 5.91 Å². The van der Waals surface area contributed by atoms with Crippen molar-refractivity contribution in [1.82, 2.24) is 4.90 Å². The molecule has 1 N–H and O–H groups in total. The molecule has 5 heteroatoms. The summed E-state index contributed by atoms with van der Waals surface area (Å²) in [5.41, 5.74) is 2.69. The SMILES string of the molecule is Cc1ccc(C)c(N2CCN(C(=O)C3(O)CCSCC3)CC2)c1. The molecule has 2 saturated heterocycles. The van der Waals surface area contributed by atoms with Gasteiger partial charge in [0.25, 0.3) is 5.91 Å². The molecule has 2 aliphatic heterocycles. The molecule has 0 spiro atoms. The van der Waals surface area contributed by atoms with Gasteiger partial charge in [-0.1, -0.05) is 12.1 Å². The first-order chi connectivity index (χ1) is 11.0. The van der Waals surface area contributed by atoms with Crippen molar-refractivity contribution in [3.8, 4) is 0 Å². The van der Waals surface area contributed by atoms with Gasteiger partial charge in [0.05, 0.1) is 0 Å². The number of nitrogens with zero attached hydrogens (tertiary/aromatic N) is 2. The fourth-order valence-electron chi connectivity index (χ4n) is 3.43. The van der Waals surface area contributed by atoms with Gasteiger partial charge in [0.1, 0.15) is 5.60 Å². The Labute approximate surface area is 142 Å². The molecule has 1 aromatic carbocycles. The smallest absolute Gasteiger partial charge is 0.254 e. The maximum atomic E-state index is 12.7. The van der Waals surface area contributed by atoms with Gasteiger partial charge in [0, 0.05) is 31.9 Å². The largest absolute Gasteiger partial charge is 0.380 e. The fourth-order valence-corrected chi connectivity index (χ4v) is 4.60. The molecule has 2 aliphatic rings. The van der Waals surface area contributed by atoms with Gasteiger partial charge in [-0.15, -0.1) is 0 Å². The Bertz CT molecular complexity index is 576. The Kier molecular flexibility index (Phi) is 4.87. The van der Waals surface area contributed by atoms with E-state index in [0.29, 0.717) is 25.9 Å². The number of anilines is 1. The summed E-state index contributed by atoms with van der Waals surface area (Å²) in [6.45, 7) is 7.30. The third-order valence-electron chi connectivity index (χ3n) is 4.99. The first-order valence-corrected chi connectivity index (χ1v) is 9.57. The molecule has 3 rings (SSSR count). The van der Waals surface area contributed by atoms with E-state index < -0.39 is 5.60 Å². The highest BCUT2D eigenvalue weighted by Gasteiger charge is 2.41. The maximum Gasteiger partial charge on any atom is 0.254 e. The van der Waals surface area contributed by atoms with Gasteiger partial charge in [-0.25, -0.2) is 0 Å². The maximum absolute atomic E-state index is 12.7. The summed E-state index contributed by atoms with van der Waals surface area (Å²) < 4.78 is 0. The quantitative estimate of drug-likeness (QED) is 0.901. The van der Waals surface area contributed by atoms with Crippen LogP contribution in [0.2, 0.25) is 0 Å². The van der Waals surface area contributed by atoms with Crippen molar-refractivity contribution in [2.24, 2.45) is 0 Å². The predicted molar refractivity (Wildman–Crippen MR) is 96.2 cm³/mol. The number of piperazine rings is 1. The number of benzene rings is 1. The van der Waals surface area contributed by atoms with Crippen LogP contribution in [0.4, 0.5) is 5.69 Å². The number of rotatable bonds is 2. The van der Waals surface area contributed by atoms with Gasteiger partial charge in [-0.05, 0) is 55.4 Å². The second-order valence-corrected chi connectivity index (χ2v) is 7.94. The lowest BCUT2D eigenvalue weighted by atomic mass is 9.94. The number of hydrogen-bond donors (Lipinski definition) is 1. The van der Waals surface area contributed by atoms with Crippen LogP contribution in [0.15, 0.2) is 18.2 Å². The molecule has 1 aromatic rings. The van der Waals surface area contributed by atoms with E-state index >= 15 is 0 Å². The molecule has 0 unspecified atom stereocenters. The minimum atomic E-state index is -1.12. The number of aliphatic hydroxyl groups is 1. The van der Waals surface area contributed by atoms with E-state index in [1.807, 2.05) is 16.7 Å². The number of carbonyl (C=O) groups is 1. The molecule has 1 amide bonds. The Morgan fingerprint density at radius 2 is 1.78 bits per heavy atom. The zero-order valence-electron chi connectivity index (χ0n) is 14.0. The summed E-state index contributed by atoms with van der Waals surface area (Å²) in [6, 6.07) is 6.51. The van der Waals surface area contributed by atoms with Crippen molar-refractivity contribution in [2.75, 3.05) is 42.6 Å². The molecule has 2 heterocycles. The summed E-state index contributed by atoms with van der Waals surface area (Å²) in [6.07, 6.45) is 1.18. The molecule has 0 aliphatic carbocycles. The number of carbonyl (C=O) groups excluding carboxylic acids is 1. The van der Waals surface area contributed by atoms with E-state index in [1.54, 1.807) is 0 Å². The van der Waals surface area contributed by atoms with E-state index in [9.17, 15) is 9.90 Å². The highest BCUT2D eigenvalue weighted by atomic mass is 32.2. The summed E-state index contributed by atoms with van der Waals surface area (Å²) in [5, 5.41) is 10.6. The molecule has 0 radical (unpaired) electrons. The van der Waals surface area contributed by atoms with E-state index in [0.717, 1.165) is 24.6 Å². The van der Waals surface area contributed by atoms with Crippen molar-refractivity contribution in [3.63, 3.8) is 0 Å². The number of aryl methyl sites for hydroxylation is 2. The molecule has 126 valence electrons.